The molecule has 27 heavy (non-hydrogen) atoms. The molecule has 0 radical (unpaired) electrons. The van der Waals surface area contributed by atoms with Gasteiger partial charge >= 0.3 is 0 Å². The van der Waals surface area contributed by atoms with Crippen molar-refractivity contribution in [2.45, 2.75) is 19.8 Å². The minimum atomic E-state index is 0. The first-order valence-corrected chi connectivity index (χ1v) is 9.33. The van der Waals surface area contributed by atoms with E-state index in [9.17, 15) is 0 Å². The number of halogens is 1. The van der Waals surface area contributed by atoms with Crippen LogP contribution in [0.25, 0.3) is 0 Å². The number of nitrogens with one attached hydrogen (secondary N) is 1. The zero-order valence-corrected chi connectivity index (χ0v) is 19.3. The molecule has 7 heteroatoms. The van der Waals surface area contributed by atoms with Crippen molar-refractivity contribution in [3.8, 4) is 5.75 Å². The Bertz CT molecular complexity index is 584. The van der Waals surface area contributed by atoms with Crippen LogP contribution in [0.2, 0.25) is 0 Å². The molecule has 1 heterocycles. The fourth-order valence-electron chi connectivity index (χ4n) is 3.22. The summed E-state index contributed by atoms with van der Waals surface area (Å²) in [5, 5.41) is 3.48. The van der Waals surface area contributed by atoms with E-state index in [2.05, 4.69) is 40.3 Å². The zero-order valence-electron chi connectivity index (χ0n) is 17.0. The number of nitrogens with zero attached hydrogens (tertiary/aromatic N) is 2. The Kier molecular flexibility index (Phi) is 11.7. The average Bonchev–Trinajstić information content (AvgIpc) is 3.12. The summed E-state index contributed by atoms with van der Waals surface area (Å²) in [5.41, 5.74) is 2.43. The molecule has 1 aromatic rings. The SMILES string of the molecule is CN=C(NCCc1ccc(C)c(OC)c1)N1CCC(COCCOC)C1.I. The van der Waals surface area contributed by atoms with E-state index < -0.39 is 0 Å². The molecule has 1 saturated heterocycles. The minimum Gasteiger partial charge on any atom is -0.496 e. The Morgan fingerprint density at radius 1 is 1.30 bits per heavy atom. The molecule has 1 fully saturated rings. The van der Waals surface area contributed by atoms with Crippen LogP contribution in [0.3, 0.4) is 0 Å². The first kappa shape index (κ1) is 24.0. The van der Waals surface area contributed by atoms with E-state index >= 15 is 0 Å². The van der Waals surface area contributed by atoms with Crippen LogP contribution >= 0.6 is 24.0 Å². The van der Waals surface area contributed by atoms with Gasteiger partial charge in [0.25, 0.3) is 0 Å². The van der Waals surface area contributed by atoms with E-state index in [0.29, 0.717) is 19.1 Å². The standard InChI is InChI=1S/C20H33N3O3.HI/c1-16-5-6-17(13-19(16)25-4)7-9-22-20(21-2)23-10-8-18(14-23)15-26-12-11-24-3;/h5-6,13,18H,7-12,14-15H2,1-4H3,(H,21,22);1H. The lowest BCUT2D eigenvalue weighted by atomic mass is 10.1. The molecule has 1 unspecified atom stereocenters. The quantitative estimate of drug-likeness (QED) is 0.249. The Morgan fingerprint density at radius 2 is 2.11 bits per heavy atom. The molecule has 0 bridgehead atoms. The van der Waals surface area contributed by atoms with E-state index in [1.54, 1.807) is 14.2 Å². The molecule has 1 aliphatic rings. The monoisotopic (exact) mass is 491 g/mol. The van der Waals surface area contributed by atoms with E-state index in [-0.39, 0.29) is 24.0 Å². The van der Waals surface area contributed by atoms with Crippen LogP contribution in [0.5, 0.6) is 5.75 Å². The number of hydrogen-bond acceptors (Lipinski definition) is 4. The van der Waals surface area contributed by atoms with Crippen LogP contribution in [0.4, 0.5) is 0 Å². The highest BCUT2D eigenvalue weighted by Gasteiger charge is 2.24. The van der Waals surface area contributed by atoms with E-state index in [0.717, 1.165) is 56.4 Å². The molecule has 1 aromatic carbocycles. The maximum atomic E-state index is 5.67. The summed E-state index contributed by atoms with van der Waals surface area (Å²) >= 11 is 0. The molecule has 0 amide bonds. The second kappa shape index (κ2) is 13.2. The van der Waals surface area contributed by atoms with Crippen LogP contribution in [0.15, 0.2) is 23.2 Å². The number of likely N-dealkylation sites (tertiary alicyclic amines) is 1. The van der Waals surface area contributed by atoms with Gasteiger partial charge in [0, 0.05) is 39.7 Å². The minimum absolute atomic E-state index is 0. The molecule has 0 aromatic heterocycles. The van der Waals surface area contributed by atoms with Gasteiger partial charge in [-0.15, -0.1) is 24.0 Å². The normalized spacial score (nSPS) is 17.0. The van der Waals surface area contributed by atoms with Crippen LogP contribution in [0, 0.1) is 12.8 Å². The molecule has 154 valence electrons. The second-order valence-electron chi connectivity index (χ2n) is 6.70. The number of methoxy groups -OCH3 is 2. The highest BCUT2D eigenvalue weighted by atomic mass is 127. The predicted octanol–water partition coefficient (Wildman–Crippen LogP) is 2.72. The van der Waals surface area contributed by atoms with Gasteiger partial charge in [-0.25, -0.2) is 0 Å². The third kappa shape index (κ3) is 7.83. The van der Waals surface area contributed by atoms with Crippen molar-refractivity contribution < 1.29 is 14.2 Å². The summed E-state index contributed by atoms with van der Waals surface area (Å²) in [7, 11) is 5.26. The highest BCUT2D eigenvalue weighted by Crippen LogP contribution is 2.19. The maximum absolute atomic E-state index is 5.67. The first-order valence-electron chi connectivity index (χ1n) is 9.33. The van der Waals surface area contributed by atoms with Crippen LogP contribution in [-0.2, 0) is 15.9 Å². The number of aryl methyl sites for hydroxylation is 1. The summed E-state index contributed by atoms with van der Waals surface area (Å²) in [6, 6.07) is 6.38. The van der Waals surface area contributed by atoms with Crippen LogP contribution in [-0.4, -0.2) is 71.6 Å². The molecular weight excluding hydrogens is 457 g/mol. The fraction of sp³-hybridized carbons (Fsp3) is 0.650. The summed E-state index contributed by atoms with van der Waals surface area (Å²) < 4.78 is 16.1. The van der Waals surface area contributed by atoms with Crippen molar-refractivity contribution in [3.63, 3.8) is 0 Å². The van der Waals surface area contributed by atoms with Crippen LogP contribution < -0.4 is 10.1 Å². The predicted molar refractivity (Wildman–Crippen MR) is 121 cm³/mol. The number of hydrogen-bond donors (Lipinski definition) is 1. The first-order chi connectivity index (χ1) is 12.7. The van der Waals surface area contributed by atoms with E-state index in [1.807, 2.05) is 7.05 Å². The lowest BCUT2D eigenvalue weighted by molar-refractivity contribution is 0.0536. The second-order valence-corrected chi connectivity index (χ2v) is 6.70. The van der Waals surface area contributed by atoms with Crippen molar-refractivity contribution in [2.24, 2.45) is 10.9 Å². The van der Waals surface area contributed by atoms with Crippen molar-refractivity contribution in [3.05, 3.63) is 29.3 Å². The Morgan fingerprint density at radius 3 is 2.81 bits per heavy atom. The Hall–Kier alpha value is -1.06. The van der Waals surface area contributed by atoms with Crippen molar-refractivity contribution in [2.75, 3.05) is 60.7 Å². The third-order valence-corrected chi connectivity index (χ3v) is 4.75. The third-order valence-electron chi connectivity index (χ3n) is 4.75. The topological polar surface area (TPSA) is 55.3 Å². The number of ether oxygens (including phenoxy) is 3. The van der Waals surface area contributed by atoms with Gasteiger partial charge in [-0.1, -0.05) is 12.1 Å². The van der Waals surface area contributed by atoms with Gasteiger partial charge in [0.15, 0.2) is 5.96 Å². The molecule has 1 N–H and O–H groups in total. The molecule has 0 saturated carbocycles. The average molecular weight is 491 g/mol. The van der Waals surface area contributed by atoms with Gasteiger partial charge in [-0.2, -0.15) is 0 Å². The fourth-order valence-corrected chi connectivity index (χ4v) is 3.22. The summed E-state index contributed by atoms with van der Waals surface area (Å²) in [4.78, 5) is 6.76. The van der Waals surface area contributed by atoms with Gasteiger partial charge in [0.1, 0.15) is 5.75 Å². The van der Waals surface area contributed by atoms with Crippen LogP contribution in [0.1, 0.15) is 17.5 Å². The molecule has 0 spiro atoms. The van der Waals surface area contributed by atoms with Gasteiger partial charge in [0.2, 0.25) is 0 Å². The summed E-state index contributed by atoms with van der Waals surface area (Å²) in [6.45, 7) is 7.04. The van der Waals surface area contributed by atoms with Crippen molar-refractivity contribution in [1.82, 2.24) is 10.2 Å². The largest absolute Gasteiger partial charge is 0.496 e. The highest BCUT2D eigenvalue weighted by molar-refractivity contribution is 14.0. The molecule has 0 aliphatic carbocycles. The van der Waals surface area contributed by atoms with Gasteiger partial charge in [-0.05, 0) is 37.0 Å². The summed E-state index contributed by atoms with van der Waals surface area (Å²) in [6.07, 6.45) is 2.08. The van der Waals surface area contributed by atoms with E-state index in [1.165, 1.54) is 5.56 Å². The lowest BCUT2D eigenvalue weighted by Crippen LogP contribution is -2.41. The van der Waals surface area contributed by atoms with Gasteiger partial charge in [0.05, 0.1) is 26.9 Å². The number of aliphatic imine (C=N–C) groups is 1. The lowest BCUT2D eigenvalue weighted by Gasteiger charge is -2.22. The molecule has 6 nitrogen and oxygen atoms in total. The number of guanidine groups is 1. The number of rotatable bonds is 9. The number of benzene rings is 1. The van der Waals surface area contributed by atoms with Crippen molar-refractivity contribution >= 4 is 29.9 Å². The zero-order chi connectivity index (χ0) is 18.8. The molecular formula is C20H34IN3O3. The smallest absolute Gasteiger partial charge is 0.193 e. The van der Waals surface area contributed by atoms with Gasteiger partial charge in [-0.3, -0.25) is 4.99 Å². The Labute approximate surface area is 180 Å². The summed E-state index contributed by atoms with van der Waals surface area (Å²) in [5.74, 6) is 2.48. The molecule has 1 aliphatic heterocycles. The maximum Gasteiger partial charge on any atom is 0.193 e. The van der Waals surface area contributed by atoms with Crippen molar-refractivity contribution in [1.29, 1.82) is 0 Å². The molecule has 1 atom stereocenters. The van der Waals surface area contributed by atoms with Gasteiger partial charge < -0.3 is 24.4 Å². The molecule has 2 rings (SSSR count). The Balaban J connectivity index is 0.00000364. The van der Waals surface area contributed by atoms with E-state index in [4.69, 9.17) is 14.2 Å².